The standard InChI is InChI=1S/C12H13Cl2N3S/c1-12(2,3)8-6-18-10(15-8)5-7-4-9(13)16-17-11(7)14/h4,6H,5H2,1-3H3. The van der Waals surface area contributed by atoms with Crippen LogP contribution in [-0.2, 0) is 11.8 Å². The zero-order chi connectivity index (χ0) is 13.3. The number of rotatable bonds is 2. The van der Waals surface area contributed by atoms with Gasteiger partial charge in [-0.3, -0.25) is 0 Å². The van der Waals surface area contributed by atoms with Crippen LogP contribution in [0.2, 0.25) is 10.3 Å². The Balaban J connectivity index is 2.24. The van der Waals surface area contributed by atoms with Crippen LogP contribution in [0.15, 0.2) is 11.4 Å². The van der Waals surface area contributed by atoms with E-state index in [1.807, 2.05) is 0 Å². The summed E-state index contributed by atoms with van der Waals surface area (Å²) in [5.74, 6) is 0. The molecule has 0 radical (unpaired) electrons. The van der Waals surface area contributed by atoms with Gasteiger partial charge in [0, 0.05) is 22.8 Å². The molecule has 0 aliphatic carbocycles. The smallest absolute Gasteiger partial charge is 0.155 e. The fraction of sp³-hybridized carbons (Fsp3) is 0.417. The molecule has 0 saturated heterocycles. The normalized spacial score (nSPS) is 11.8. The molecule has 0 aliphatic rings. The summed E-state index contributed by atoms with van der Waals surface area (Å²) in [7, 11) is 0. The summed E-state index contributed by atoms with van der Waals surface area (Å²) < 4.78 is 0. The second-order valence-corrected chi connectivity index (χ2v) is 6.72. The van der Waals surface area contributed by atoms with Crippen LogP contribution in [-0.4, -0.2) is 15.2 Å². The molecule has 2 rings (SSSR count). The van der Waals surface area contributed by atoms with E-state index in [1.54, 1.807) is 17.4 Å². The number of halogens is 2. The summed E-state index contributed by atoms with van der Waals surface area (Å²) in [4.78, 5) is 4.62. The van der Waals surface area contributed by atoms with Crippen molar-refractivity contribution in [3.63, 3.8) is 0 Å². The molecule has 2 aromatic heterocycles. The quantitative estimate of drug-likeness (QED) is 0.837. The maximum absolute atomic E-state index is 5.99. The first-order valence-electron chi connectivity index (χ1n) is 5.49. The zero-order valence-corrected chi connectivity index (χ0v) is 12.7. The van der Waals surface area contributed by atoms with Gasteiger partial charge in [-0.25, -0.2) is 4.98 Å². The van der Waals surface area contributed by atoms with Crippen molar-refractivity contribution in [2.24, 2.45) is 0 Å². The van der Waals surface area contributed by atoms with E-state index in [0.717, 1.165) is 16.3 Å². The lowest BCUT2D eigenvalue weighted by Gasteiger charge is -2.14. The number of hydrogen-bond donors (Lipinski definition) is 0. The van der Waals surface area contributed by atoms with E-state index >= 15 is 0 Å². The van der Waals surface area contributed by atoms with Crippen LogP contribution in [0.25, 0.3) is 0 Å². The highest BCUT2D eigenvalue weighted by Gasteiger charge is 2.18. The molecule has 2 aromatic rings. The van der Waals surface area contributed by atoms with E-state index in [4.69, 9.17) is 23.2 Å². The molecule has 3 nitrogen and oxygen atoms in total. The minimum Gasteiger partial charge on any atom is -0.245 e. The van der Waals surface area contributed by atoms with Gasteiger partial charge in [0.2, 0.25) is 0 Å². The molecule has 0 saturated carbocycles. The Kier molecular flexibility index (Phi) is 3.90. The van der Waals surface area contributed by atoms with Crippen molar-refractivity contribution in [2.75, 3.05) is 0 Å². The van der Waals surface area contributed by atoms with Crippen molar-refractivity contribution in [3.8, 4) is 0 Å². The first-order chi connectivity index (χ1) is 8.36. The lowest BCUT2D eigenvalue weighted by molar-refractivity contribution is 0.571. The molecule has 0 atom stereocenters. The monoisotopic (exact) mass is 301 g/mol. The van der Waals surface area contributed by atoms with E-state index in [1.165, 1.54) is 0 Å². The van der Waals surface area contributed by atoms with Crippen molar-refractivity contribution < 1.29 is 0 Å². The van der Waals surface area contributed by atoms with E-state index < -0.39 is 0 Å². The molecule has 0 fully saturated rings. The maximum Gasteiger partial charge on any atom is 0.155 e. The second kappa shape index (κ2) is 5.11. The van der Waals surface area contributed by atoms with Gasteiger partial charge in [-0.1, -0.05) is 44.0 Å². The third-order valence-electron chi connectivity index (χ3n) is 2.45. The fourth-order valence-corrected chi connectivity index (χ4v) is 2.78. The SMILES string of the molecule is CC(C)(C)c1csc(Cc2cc(Cl)nnc2Cl)n1. The lowest BCUT2D eigenvalue weighted by atomic mass is 9.93. The molecule has 0 bridgehead atoms. The van der Waals surface area contributed by atoms with Gasteiger partial charge >= 0.3 is 0 Å². The molecule has 0 aromatic carbocycles. The van der Waals surface area contributed by atoms with Crippen molar-refractivity contribution in [3.05, 3.63) is 38.0 Å². The topological polar surface area (TPSA) is 38.7 Å². The number of aromatic nitrogens is 3. The summed E-state index contributed by atoms with van der Waals surface area (Å²) in [6, 6.07) is 1.73. The van der Waals surface area contributed by atoms with Crippen LogP contribution in [0, 0.1) is 0 Å². The van der Waals surface area contributed by atoms with Crippen molar-refractivity contribution in [1.82, 2.24) is 15.2 Å². The minimum absolute atomic E-state index is 0.0622. The molecule has 0 amide bonds. The van der Waals surface area contributed by atoms with Crippen molar-refractivity contribution in [1.29, 1.82) is 0 Å². The van der Waals surface area contributed by atoms with Crippen LogP contribution in [0.3, 0.4) is 0 Å². The average molecular weight is 302 g/mol. The Morgan fingerprint density at radius 3 is 2.56 bits per heavy atom. The first-order valence-corrected chi connectivity index (χ1v) is 7.12. The molecular weight excluding hydrogens is 289 g/mol. The van der Waals surface area contributed by atoms with E-state index in [9.17, 15) is 0 Å². The Bertz CT molecular complexity index is 561. The zero-order valence-electron chi connectivity index (χ0n) is 10.4. The third-order valence-corrected chi connectivity index (χ3v) is 3.81. The maximum atomic E-state index is 5.99. The van der Waals surface area contributed by atoms with Gasteiger partial charge in [-0.15, -0.1) is 21.5 Å². The highest BCUT2D eigenvalue weighted by Crippen LogP contribution is 2.26. The van der Waals surface area contributed by atoms with Gasteiger partial charge in [-0.05, 0) is 6.07 Å². The van der Waals surface area contributed by atoms with Crippen molar-refractivity contribution >= 4 is 34.5 Å². The van der Waals surface area contributed by atoms with Gasteiger partial charge in [0.1, 0.15) is 0 Å². The Morgan fingerprint density at radius 1 is 1.22 bits per heavy atom. The third kappa shape index (κ3) is 3.19. The molecule has 18 heavy (non-hydrogen) atoms. The Labute approximate surface area is 120 Å². The average Bonchev–Trinajstić information content (AvgIpc) is 2.71. The summed E-state index contributed by atoms with van der Waals surface area (Å²) in [5, 5.41) is 11.3. The summed E-state index contributed by atoms with van der Waals surface area (Å²) in [5.41, 5.74) is 2.00. The van der Waals surface area contributed by atoms with Crippen LogP contribution in [0.1, 0.15) is 37.0 Å². The number of hydrogen-bond acceptors (Lipinski definition) is 4. The van der Waals surface area contributed by atoms with Crippen LogP contribution < -0.4 is 0 Å². The molecule has 6 heteroatoms. The predicted molar refractivity (Wildman–Crippen MR) is 75.7 cm³/mol. The highest BCUT2D eigenvalue weighted by molar-refractivity contribution is 7.09. The van der Waals surface area contributed by atoms with Gasteiger partial charge < -0.3 is 0 Å². The van der Waals surface area contributed by atoms with Gasteiger partial charge in [0.15, 0.2) is 10.3 Å². The molecule has 96 valence electrons. The van der Waals surface area contributed by atoms with E-state index in [2.05, 4.69) is 41.3 Å². The second-order valence-electron chi connectivity index (χ2n) is 5.04. The van der Waals surface area contributed by atoms with E-state index in [-0.39, 0.29) is 5.41 Å². The molecule has 0 aliphatic heterocycles. The summed E-state index contributed by atoms with van der Waals surface area (Å²) >= 11 is 13.4. The lowest BCUT2D eigenvalue weighted by Crippen LogP contribution is -2.11. The first kappa shape index (κ1) is 13.7. The predicted octanol–water partition coefficient (Wildman–Crippen LogP) is 4.13. The van der Waals surface area contributed by atoms with Crippen molar-refractivity contribution in [2.45, 2.75) is 32.6 Å². The molecular formula is C12H13Cl2N3S. The highest BCUT2D eigenvalue weighted by atomic mass is 35.5. The largest absolute Gasteiger partial charge is 0.245 e. The van der Waals surface area contributed by atoms with Crippen LogP contribution in [0.5, 0.6) is 0 Å². The number of thiazole rings is 1. The van der Waals surface area contributed by atoms with E-state index in [0.29, 0.717) is 16.7 Å². The Morgan fingerprint density at radius 2 is 1.94 bits per heavy atom. The van der Waals surface area contributed by atoms with Gasteiger partial charge in [0.25, 0.3) is 0 Å². The summed E-state index contributed by atoms with van der Waals surface area (Å²) in [6.45, 7) is 6.43. The summed E-state index contributed by atoms with van der Waals surface area (Å²) in [6.07, 6.45) is 0.634. The Hall–Kier alpha value is -0.710. The molecule has 2 heterocycles. The van der Waals surface area contributed by atoms with Crippen LogP contribution >= 0.6 is 34.5 Å². The molecule has 0 unspecified atom stereocenters. The molecule has 0 N–H and O–H groups in total. The minimum atomic E-state index is 0.0622. The molecule has 0 spiro atoms. The number of nitrogens with zero attached hydrogens (tertiary/aromatic N) is 3. The fourth-order valence-electron chi connectivity index (χ4n) is 1.41. The van der Waals surface area contributed by atoms with Gasteiger partial charge in [-0.2, -0.15) is 0 Å². The van der Waals surface area contributed by atoms with Crippen LogP contribution in [0.4, 0.5) is 0 Å². The van der Waals surface area contributed by atoms with Gasteiger partial charge in [0.05, 0.1) is 10.7 Å².